The van der Waals surface area contributed by atoms with Crippen molar-refractivity contribution in [2.24, 2.45) is 5.92 Å². The van der Waals surface area contributed by atoms with Crippen molar-refractivity contribution in [3.05, 3.63) is 64.1 Å². The van der Waals surface area contributed by atoms with E-state index in [4.69, 9.17) is 0 Å². The summed E-state index contributed by atoms with van der Waals surface area (Å²) in [5.74, 6) is -1.19. The van der Waals surface area contributed by atoms with Gasteiger partial charge in [0.15, 0.2) is 0 Å². The molecule has 0 fully saturated rings. The number of benzene rings is 2. The highest BCUT2D eigenvalue weighted by Crippen LogP contribution is 2.23. The van der Waals surface area contributed by atoms with Gasteiger partial charge in [-0.05, 0) is 42.2 Å². The van der Waals surface area contributed by atoms with Crippen LogP contribution in [0.5, 0.6) is 5.75 Å². The summed E-state index contributed by atoms with van der Waals surface area (Å²) in [5, 5.41) is 18.8. The van der Waals surface area contributed by atoms with Crippen LogP contribution in [0.2, 0.25) is 0 Å². The first-order chi connectivity index (χ1) is 9.56. The molecule has 1 unspecified atom stereocenters. The molecule has 0 bridgehead atoms. The van der Waals surface area contributed by atoms with E-state index in [0.29, 0.717) is 12.8 Å². The molecule has 1 atom stereocenters. The third-order valence-electron chi connectivity index (χ3n) is 3.17. The minimum atomic E-state index is -0.830. The van der Waals surface area contributed by atoms with E-state index in [0.717, 1.165) is 15.6 Å². The molecule has 0 aliphatic heterocycles. The van der Waals surface area contributed by atoms with Crippen LogP contribution >= 0.6 is 15.9 Å². The third-order valence-corrected chi connectivity index (χ3v) is 3.94. The first-order valence-electron chi connectivity index (χ1n) is 6.30. The van der Waals surface area contributed by atoms with Crippen LogP contribution in [0.15, 0.2) is 53.0 Å². The first-order valence-corrected chi connectivity index (χ1v) is 7.09. The number of aliphatic carboxylic acids is 1. The lowest BCUT2D eigenvalue weighted by Gasteiger charge is -2.13. The van der Waals surface area contributed by atoms with Crippen LogP contribution < -0.4 is 0 Å². The Kier molecular flexibility index (Phi) is 4.79. The van der Waals surface area contributed by atoms with E-state index in [1.807, 2.05) is 30.3 Å². The van der Waals surface area contributed by atoms with Gasteiger partial charge in [0.25, 0.3) is 0 Å². The molecule has 0 amide bonds. The van der Waals surface area contributed by atoms with Crippen LogP contribution in [0.3, 0.4) is 0 Å². The predicted molar refractivity (Wildman–Crippen MR) is 80.8 cm³/mol. The van der Waals surface area contributed by atoms with E-state index < -0.39 is 11.9 Å². The minimum absolute atomic E-state index is 0.160. The Morgan fingerprint density at radius 3 is 2.50 bits per heavy atom. The molecule has 0 spiro atoms. The second kappa shape index (κ2) is 6.57. The summed E-state index contributed by atoms with van der Waals surface area (Å²) in [7, 11) is 0. The lowest BCUT2D eigenvalue weighted by Crippen LogP contribution is -2.19. The standard InChI is InChI=1S/C16H15BrO3/c17-15-7-2-1-5-12(15)10-13(16(19)20)8-11-4-3-6-14(18)9-11/h1-7,9,13,18H,8,10H2,(H,19,20). The molecule has 104 valence electrons. The fourth-order valence-corrected chi connectivity index (χ4v) is 2.59. The number of carbonyl (C=O) groups is 1. The Balaban J connectivity index is 2.16. The van der Waals surface area contributed by atoms with Crippen molar-refractivity contribution in [3.8, 4) is 5.75 Å². The van der Waals surface area contributed by atoms with Gasteiger partial charge in [-0.1, -0.05) is 46.3 Å². The molecule has 2 aromatic rings. The summed E-state index contributed by atoms with van der Waals surface area (Å²) in [6.45, 7) is 0. The van der Waals surface area contributed by atoms with Gasteiger partial charge >= 0.3 is 5.97 Å². The predicted octanol–water partition coefficient (Wildman–Crippen LogP) is 3.64. The van der Waals surface area contributed by atoms with Gasteiger partial charge in [0.2, 0.25) is 0 Å². The van der Waals surface area contributed by atoms with Gasteiger partial charge in [-0.25, -0.2) is 0 Å². The molecule has 4 heteroatoms. The SMILES string of the molecule is O=C(O)C(Cc1cccc(O)c1)Cc1ccccc1Br. The highest BCUT2D eigenvalue weighted by molar-refractivity contribution is 9.10. The largest absolute Gasteiger partial charge is 0.508 e. The Labute approximate surface area is 126 Å². The highest BCUT2D eigenvalue weighted by Gasteiger charge is 2.19. The summed E-state index contributed by atoms with van der Waals surface area (Å²) in [6.07, 6.45) is 0.845. The van der Waals surface area contributed by atoms with Crippen LogP contribution in [-0.2, 0) is 17.6 Å². The highest BCUT2D eigenvalue weighted by atomic mass is 79.9. The minimum Gasteiger partial charge on any atom is -0.508 e. The molecule has 0 aliphatic carbocycles. The van der Waals surface area contributed by atoms with E-state index in [2.05, 4.69) is 15.9 Å². The normalized spacial score (nSPS) is 12.1. The van der Waals surface area contributed by atoms with E-state index in [9.17, 15) is 15.0 Å². The summed E-state index contributed by atoms with van der Waals surface area (Å²) in [4.78, 5) is 11.4. The topological polar surface area (TPSA) is 57.5 Å². The molecule has 3 nitrogen and oxygen atoms in total. The molecule has 20 heavy (non-hydrogen) atoms. The maximum absolute atomic E-state index is 11.4. The molecule has 2 aromatic carbocycles. The van der Waals surface area contributed by atoms with Crippen LogP contribution in [-0.4, -0.2) is 16.2 Å². The molecule has 0 aliphatic rings. The van der Waals surface area contributed by atoms with Crippen molar-refractivity contribution in [3.63, 3.8) is 0 Å². The number of hydrogen-bond acceptors (Lipinski definition) is 2. The Morgan fingerprint density at radius 2 is 1.85 bits per heavy atom. The second-order valence-corrected chi connectivity index (χ2v) is 5.56. The molecule has 0 saturated heterocycles. The lowest BCUT2D eigenvalue weighted by atomic mass is 9.92. The van der Waals surface area contributed by atoms with Gasteiger partial charge in [-0.3, -0.25) is 4.79 Å². The average molecular weight is 335 g/mol. The fraction of sp³-hybridized carbons (Fsp3) is 0.188. The Morgan fingerprint density at radius 1 is 1.10 bits per heavy atom. The number of phenols is 1. The zero-order valence-electron chi connectivity index (χ0n) is 10.8. The number of carboxylic acid groups (broad SMARTS) is 1. The van der Waals surface area contributed by atoms with Crippen molar-refractivity contribution in [1.29, 1.82) is 0 Å². The van der Waals surface area contributed by atoms with Crippen molar-refractivity contribution >= 4 is 21.9 Å². The summed E-state index contributed by atoms with van der Waals surface area (Å²) >= 11 is 3.44. The fourth-order valence-electron chi connectivity index (χ4n) is 2.14. The van der Waals surface area contributed by atoms with Gasteiger partial charge in [0.05, 0.1) is 5.92 Å². The number of carboxylic acids is 1. The van der Waals surface area contributed by atoms with E-state index >= 15 is 0 Å². The second-order valence-electron chi connectivity index (χ2n) is 4.70. The molecule has 0 radical (unpaired) electrons. The third kappa shape index (κ3) is 3.84. The first kappa shape index (κ1) is 14.6. The zero-order chi connectivity index (χ0) is 14.5. The molecular weight excluding hydrogens is 320 g/mol. The molecule has 0 saturated carbocycles. The van der Waals surface area contributed by atoms with E-state index in [1.165, 1.54) is 0 Å². The van der Waals surface area contributed by atoms with Gasteiger partial charge in [-0.2, -0.15) is 0 Å². The molecule has 2 rings (SSSR count). The van der Waals surface area contributed by atoms with Crippen molar-refractivity contribution in [1.82, 2.24) is 0 Å². The van der Waals surface area contributed by atoms with Crippen LogP contribution in [0.4, 0.5) is 0 Å². The summed E-state index contributed by atoms with van der Waals surface area (Å²) in [5.41, 5.74) is 1.80. The molecule has 0 aromatic heterocycles. The van der Waals surface area contributed by atoms with Crippen molar-refractivity contribution in [2.45, 2.75) is 12.8 Å². The number of phenolic OH excluding ortho intramolecular Hbond substituents is 1. The van der Waals surface area contributed by atoms with E-state index in [1.54, 1.807) is 18.2 Å². The van der Waals surface area contributed by atoms with Gasteiger partial charge in [-0.15, -0.1) is 0 Å². The summed E-state index contributed by atoms with van der Waals surface area (Å²) < 4.78 is 0.919. The number of aromatic hydroxyl groups is 1. The van der Waals surface area contributed by atoms with Crippen LogP contribution in [0, 0.1) is 5.92 Å². The quantitative estimate of drug-likeness (QED) is 0.877. The van der Waals surface area contributed by atoms with Crippen molar-refractivity contribution < 1.29 is 15.0 Å². The smallest absolute Gasteiger partial charge is 0.307 e. The Bertz CT molecular complexity index is 610. The summed E-state index contributed by atoms with van der Waals surface area (Å²) in [6, 6.07) is 14.4. The van der Waals surface area contributed by atoms with Crippen LogP contribution in [0.25, 0.3) is 0 Å². The molecular formula is C16H15BrO3. The van der Waals surface area contributed by atoms with Crippen LogP contribution in [0.1, 0.15) is 11.1 Å². The lowest BCUT2D eigenvalue weighted by molar-refractivity contribution is -0.141. The van der Waals surface area contributed by atoms with E-state index in [-0.39, 0.29) is 5.75 Å². The maximum Gasteiger partial charge on any atom is 0.307 e. The zero-order valence-corrected chi connectivity index (χ0v) is 12.4. The van der Waals surface area contributed by atoms with Gasteiger partial charge in [0.1, 0.15) is 5.75 Å². The molecule has 0 heterocycles. The number of halogens is 1. The number of hydrogen-bond donors (Lipinski definition) is 2. The maximum atomic E-state index is 11.4. The Hall–Kier alpha value is -1.81. The average Bonchev–Trinajstić information content (AvgIpc) is 2.40. The van der Waals surface area contributed by atoms with Gasteiger partial charge < -0.3 is 10.2 Å². The monoisotopic (exact) mass is 334 g/mol. The van der Waals surface area contributed by atoms with Gasteiger partial charge in [0, 0.05) is 4.47 Å². The number of rotatable bonds is 5. The molecule has 2 N–H and O–H groups in total. The van der Waals surface area contributed by atoms with Crippen molar-refractivity contribution in [2.75, 3.05) is 0 Å².